The molecule has 0 bridgehead atoms. The average molecular weight is 547 g/mol. The zero-order chi connectivity index (χ0) is 22.2. The van der Waals surface area contributed by atoms with Gasteiger partial charge in [-0.15, -0.1) is 24.0 Å². The summed E-state index contributed by atoms with van der Waals surface area (Å²) in [6.45, 7) is 9.22. The molecule has 32 heavy (non-hydrogen) atoms. The Kier molecular flexibility index (Phi) is 10.2. The smallest absolute Gasteiger partial charge is 0.191 e. The number of aryl methyl sites for hydroxylation is 2. The van der Waals surface area contributed by atoms with Gasteiger partial charge in [0.25, 0.3) is 0 Å². The lowest BCUT2D eigenvalue weighted by Gasteiger charge is -2.16. The van der Waals surface area contributed by atoms with E-state index in [-0.39, 0.29) is 24.0 Å². The lowest BCUT2D eigenvalue weighted by molar-refractivity contribution is 0.400. The number of aliphatic imine (C=N–C) groups is 1. The molecular formula is C25H35IN6. The van der Waals surface area contributed by atoms with Crippen molar-refractivity contribution < 1.29 is 0 Å². The second kappa shape index (κ2) is 12.6. The monoisotopic (exact) mass is 546 g/mol. The summed E-state index contributed by atoms with van der Waals surface area (Å²) in [5.74, 6) is 0.810. The van der Waals surface area contributed by atoms with E-state index in [9.17, 15) is 0 Å². The minimum atomic E-state index is 0. The summed E-state index contributed by atoms with van der Waals surface area (Å²) in [5.41, 5.74) is 6.96. The summed E-state index contributed by atoms with van der Waals surface area (Å²) in [5, 5.41) is 11.5. The number of para-hydroxylation sites is 1. The molecule has 0 saturated heterocycles. The van der Waals surface area contributed by atoms with Crippen molar-refractivity contribution in [3.8, 4) is 5.69 Å². The molecule has 172 valence electrons. The highest BCUT2D eigenvalue weighted by atomic mass is 127. The van der Waals surface area contributed by atoms with Crippen LogP contribution in [0.2, 0.25) is 0 Å². The topological polar surface area (TPSA) is 57.5 Å². The van der Waals surface area contributed by atoms with Crippen LogP contribution in [-0.4, -0.2) is 41.3 Å². The zero-order valence-electron chi connectivity index (χ0n) is 19.7. The molecule has 7 heteroatoms. The summed E-state index contributed by atoms with van der Waals surface area (Å²) < 4.78 is 2.00. The van der Waals surface area contributed by atoms with Crippen LogP contribution in [0.25, 0.3) is 5.69 Å². The molecule has 0 radical (unpaired) electrons. The Hall–Kier alpha value is -2.39. The van der Waals surface area contributed by atoms with Gasteiger partial charge in [0.2, 0.25) is 0 Å². The Labute approximate surface area is 209 Å². The molecule has 0 saturated carbocycles. The van der Waals surface area contributed by atoms with E-state index < -0.39 is 0 Å². The summed E-state index contributed by atoms with van der Waals surface area (Å²) in [4.78, 5) is 7.04. The summed E-state index contributed by atoms with van der Waals surface area (Å²) >= 11 is 0. The molecule has 0 amide bonds. The number of halogens is 1. The molecule has 3 rings (SSSR count). The number of hydrogen-bond acceptors (Lipinski definition) is 3. The maximum atomic E-state index is 4.85. The van der Waals surface area contributed by atoms with Crippen LogP contribution in [0.5, 0.6) is 0 Å². The van der Waals surface area contributed by atoms with Gasteiger partial charge < -0.3 is 15.5 Å². The summed E-state index contributed by atoms with van der Waals surface area (Å²) in [6.07, 6.45) is 0. The van der Waals surface area contributed by atoms with Crippen LogP contribution in [0.1, 0.15) is 35.0 Å². The molecule has 0 spiro atoms. The standard InChI is InChI=1S/C25H34N6.HI/c1-6-26-25(27-16-21-11-7-8-13-23(21)18-30(4)5)28-17-22-12-9-10-14-24(22)31-20(3)15-19(2)29-31;/h7-15H,6,16-18H2,1-5H3,(H2,26,27,28);1H. The highest BCUT2D eigenvalue weighted by Crippen LogP contribution is 2.18. The number of rotatable bonds is 8. The molecule has 0 aliphatic carbocycles. The number of nitrogens with zero attached hydrogens (tertiary/aromatic N) is 4. The molecule has 0 fully saturated rings. The number of hydrogen-bond donors (Lipinski definition) is 2. The Morgan fingerprint density at radius 3 is 2.25 bits per heavy atom. The van der Waals surface area contributed by atoms with Gasteiger partial charge in [-0.05, 0) is 63.7 Å². The summed E-state index contributed by atoms with van der Waals surface area (Å²) in [6, 6.07) is 19.0. The van der Waals surface area contributed by atoms with Crippen molar-refractivity contribution in [2.45, 2.75) is 40.4 Å². The maximum Gasteiger partial charge on any atom is 0.191 e. The molecule has 2 aromatic carbocycles. The van der Waals surface area contributed by atoms with Gasteiger partial charge in [-0.3, -0.25) is 0 Å². The quantitative estimate of drug-likeness (QED) is 0.250. The fourth-order valence-corrected chi connectivity index (χ4v) is 3.63. The first-order chi connectivity index (χ1) is 15.0. The Morgan fingerprint density at radius 1 is 0.969 bits per heavy atom. The largest absolute Gasteiger partial charge is 0.357 e. The van der Waals surface area contributed by atoms with E-state index in [0.717, 1.165) is 48.2 Å². The van der Waals surface area contributed by atoms with Crippen LogP contribution >= 0.6 is 24.0 Å². The van der Waals surface area contributed by atoms with Crippen LogP contribution in [0.15, 0.2) is 59.6 Å². The first kappa shape index (κ1) is 25.9. The van der Waals surface area contributed by atoms with Crippen molar-refractivity contribution >= 4 is 29.9 Å². The second-order valence-electron chi connectivity index (χ2n) is 8.02. The molecule has 0 aliphatic rings. The Morgan fingerprint density at radius 2 is 1.62 bits per heavy atom. The number of benzene rings is 2. The minimum Gasteiger partial charge on any atom is -0.357 e. The third-order valence-electron chi connectivity index (χ3n) is 5.03. The fraction of sp³-hybridized carbons (Fsp3) is 0.360. The third-order valence-corrected chi connectivity index (χ3v) is 5.03. The van der Waals surface area contributed by atoms with Crippen LogP contribution in [0, 0.1) is 13.8 Å². The fourth-order valence-electron chi connectivity index (χ4n) is 3.63. The van der Waals surface area contributed by atoms with E-state index in [1.165, 1.54) is 11.1 Å². The van der Waals surface area contributed by atoms with Crippen molar-refractivity contribution in [2.24, 2.45) is 4.99 Å². The van der Waals surface area contributed by atoms with E-state index in [1.54, 1.807) is 0 Å². The van der Waals surface area contributed by atoms with Gasteiger partial charge in [-0.25, -0.2) is 9.67 Å². The van der Waals surface area contributed by atoms with Crippen LogP contribution in [0.3, 0.4) is 0 Å². The Bertz CT molecular complexity index is 1020. The lowest BCUT2D eigenvalue weighted by Crippen LogP contribution is -2.37. The first-order valence-electron chi connectivity index (χ1n) is 10.8. The Balaban J connectivity index is 0.00000363. The van der Waals surface area contributed by atoms with Gasteiger partial charge in [0, 0.05) is 25.3 Å². The molecule has 1 aromatic heterocycles. The minimum absolute atomic E-state index is 0. The van der Waals surface area contributed by atoms with Gasteiger partial charge in [-0.2, -0.15) is 5.10 Å². The van der Waals surface area contributed by atoms with Crippen molar-refractivity contribution in [2.75, 3.05) is 20.6 Å². The molecule has 6 nitrogen and oxygen atoms in total. The normalized spacial score (nSPS) is 11.4. The molecule has 3 aromatic rings. The highest BCUT2D eigenvalue weighted by Gasteiger charge is 2.09. The second-order valence-corrected chi connectivity index (χ2v) is 8.02. The van der Waals surface area contributed by atoms with Crippen molar-refractivity contribution in [1.29, 1.82) is 0 Å². The van der Waals surface area contributed by atoms with Gasteiger partial charge in [0.05, 0.1) is 17.9 Å². The molecular weight excluding hydrogens is 511 g/mol. The van der Waals surface area contributed by atoms with E-state index in [0.29, 0.717) is 6.54 Å². The van der Waals surface area contributed by atoms with Crippen molar-refractivity contribution in [1.82, 2.24) is 25.3 Å². The first-order valence-corrected chi connectivity index (χ1v) is 10.8. The number of nitrogens with one attached hydrogen (secondary N) is 2. The summed E-state index contributed by atoms with van der Waals surface area (Å²) in [7, 11) is 4.19. The third kappa shape index (κ3) is 7.06. The van der Waals surface area contributed by atoms with Gasteiger partial charge in [0.15, 0.2) is 5.96 Å². The molecule has 2 N–H and O–H groups in total. The van der Waals surface area contributed by atoms with Gasteiger partial charge in [0.1, 0.15) is 0 Å². The molecule has 0 unspecified atom stereocenters. The van der Waals surface area contributed by atoms with E-state index in [4.69, 9.17) is 4.99 Å². The van der Waals surface area contributed by atoms with Gasteiger partial charge in [-0.1, -0.05) is 42.5 Å². The predicted molar refractivity (Wildman–Crippen MR) is 144 cm³/mol. The molecule has 1 heterocycles. The number of aromatic nitrogens is 2. The lowest BCUT2D eigenvalue weighted by atomic mass is 10.1. The van der Waals surface area contributed by atoms with Crippen molar-refractivity contribution in [3.63, 3.8) is 0 Å². The van der Waals surface area contributed by atoms with E-state index >= 15 is 0 Å². The van der Waals surface area contributed by atoms with Gasteiger partial charge >= 0.3 is 0 Å². The predicted octanol–water partition coefficient (Wildman–Crippen LogP) is 4.42. The van der Waals surface area contributed by atoms with Crippen molar-refractivity contribution in [3.05, 3.63) is 82.7 Å². The highest BCUT2D eigenvalue weighted by molar-refractivity contribution is 14.0. The zero-order valence-corrected chi connectivity index (χ0v) is 22.1. The van der Waals surface area contributed by atoms with E-state index in [1.807, 2.05) is 17.7 Å². The van der Waals surface area contributed by atoms with Crippen LogP contribution in [0.4, 0.5) is 0 Å². The average Bonchev–Trinajstić information content (AvgIpc) is 3.08. The van der Waals surface area contributed by atoms with Crippen LogP contribution in [-0.2, 0) is 19.6 Å². The van der Waals surface area contributed by atoms with E-state index in [2.05, 4.69) is 97.1 Å². The molecule has 0 aliphatic heterocycles. The number of guanidine groups is 1. The SMILES string of the molecule is CCNC(=NCc1ccccc1-n1nc(C)cc1C)NCc1ccccc1CN(C)C.I. The maximum absolute atomic E-state index is 4.85. The van der Waals surface area contributed by atoms with Crippen LogP contribution < -0.4 is 10.6 Å². The molecule has 0 atom stereocenters.